The molecule has 0 bridgehead atoms. The Morgan fingerprint density at radius 3 is 2.44 bits per heavy atom. The first kappa shape index (κ1) is 15.1. The first-order valence-corrected chi connectivity index (χ1v) is 5.74. The molecule has 0 fully saturated rings. The number of phosphoric acid groups is 1. The summed E-state index contributed by atoms with van der Waals surface area (Å²) in [6, 6.07) is 0. The fourth-order valence-electron chi connectivity index (χ4n) is 1.03. The first-order chi connectivity index (χ1) is 7.10. The summed E-state index contributed by atoms with van der Waals surface area (Å²) in [6.07, 6.45) is 4.63. The molecule has 4 N–H and O–H groups in total. The summed E-state index contributed by atoms with van der Waals surface area (Å²) in [6.45, 7) is 0.664. The summed E-state index contributed by atoms with van der Waals surface area (Å²) < 4.78 is 14.4. The van der Waals surface area contributed by atoms with Crippen molar-refractivity contribution < 1.29 is 33.9 Å². The van der Waals surface area contributed by atoms with Crippen LogP contribution in [0.25, 0.3) is 0 Å². The van der Waals surface area contributed by atoms with Crippen molar-refractivity contribution in [3.8, 4) is 12.3 Å². The van der Waals surface area contributed by atoms with E-state index in [-0.39, 0.29) is 6.42 Å². The lowest BCUT2D eigenvalue weighted by atomic mass is 9.87. The van der Waals surface area contributed by atoms with E-state index in [1.165, 1.54) is 0 Å². The average molecular weight is 252 g/mol. The van der Waals surface area contributed by atoms with Crippen molar-refractivity contribution in [2.24, 2.45) is 5.92 Å². The van der Waals surface area contributed by atoms with Crippen LogP contribution in [0.3, 0.4) is 0 Å². The Hall–Kier alpha value is -0.900. The van der Waals surface area contributed by atoms with E-state index in [2.05, 4.69) is 4.52 Å². The monoisotopic (exact) mass is 252 g/mol. The highest BCUT2D eigenvalue weighted by atomic mass is 31.2. The minimum absolute atomic E-state index is 0.306. The van der Waals surface area contributed by atoms with Gasteiger partial charge in [0.25, 0.3) is 0 Å². The second-order valence-electron chi connectivity index (χ2n) is 3.37. The van der Waals surface area contributed by atoms with E-state index in [1.54, 1.807) is 0 Å². The van der Waals surface area contributed by atoms with Gasteiger partial charge in [-0.15, -0.1) is 6.42 Å². The van der Waals surface area contributed by atoms with E-state index in [0.29, 0.717) is 0 Å². The summed E-state index contributed by atoms with van der Waals surface area (Å²) in [5, 5.41) is 18.4. The van der Waals surface area contributed by atoms with Crippen molar-refractivity contribution in [1.82, 2.24) is 0 Å². The van der Waals surface area contributed by atoms with Gasteiger partial charge in [0.15, 0.2) is 0 Å². The van der Waals surface area contributed by atoms with Crippen LogP contribution >= 0.6 is 7.82 Å². The molecule has 8 heteroatoms. The van der Waals surface area contributed by atoms with E-state index in [4.69, 9.17) is 21.3 Å². The van der Waals surface area contributed by atoms with Crippen LogP contribution in [0.1, 0.15) is 13.3 Å². The zero-order valence-corrected chi connectivity index (χ0v) is 9.42. The molecule has 2 unspecified atom stereocenters. The second-order valence-corrected chi connectivity index (χ2v) is 4.61. The van der Waals surface area contributed by atoms with Crippen LogP contribution < -0.4 is 0 Å². The molecule has 0 heterocycles. The van der Waals surface area contributed by atoms with E-state index < -0.39 is 31.9 Å². The Balaban J connectivity index is 4.41. The van der Waals surface area contributed by atoms with Crippen LogP contribution in [0.15, 0.2) is 0 Å². The zero-order valence-electron chi connectivity index (χ0n) is 8.53. The Kier molecular flexibility index (Phi) is 5.13. The lowest BCUT2D eigenvalue weighted by Gasteiger charge is -2.26. The molecule has 92 valence electrons. The number of carboxylic acid groups (broad SMARTS) is 1. The predicted octanol–water partition coefficient (Wildman–Crippen LogP) is -0.429. The smallest absolute Gasteiger partial charge is 0.469 e. The molecular formula is C8H13O7P. The third kappa shape index (κ3) is 5.26. The van der Waals surface area contributed by atoms with Gasteiger partial charge in [0.1, 0.15) is 5.92 Å². The third-order valence-electron chi connectivity index (χ3n) is 1.90. The van der Waals surface area contributed by atoms with E-state index in [1.807, 2.05) is 5.92 Å². The van der Waals surface area contributed by atoms with Crippen LogP contribution in [-0.2, 0) is 13.9 Å². The van der Waals surface area contributed by atoms with Crippen molar-refractivity contribution in [2.45, 2.75) is 18.9 Å². The molecule has 0 spiro atoms. The summed E-state index contributed by atoms with van der Waals surface area (Å²) in [4.78, 5) is 27.4. The molecule has 0 radical (unpaired) electrons. The number of aliphatic hydroxyl groups is 1. The molecule has 0 aliphatic rings. The maximum Gasteiger partial charge on any atom is 0.469 e. The van der Waals surface area contributed by atoms with Crippen LogP contribution in [0, 0.1) is 18.3 Å². The van der Waals surface area contributed by atoms with Crippen molar-refractivity contribution >= 4 is 13.8 Å². The van der Waals surface area contributed by atoms with Gasteiger partial charge in [-0.05, 0) is 6.92 Å². The minimum Gasteiger partial charge on any atom is -0.480 e. The van der Waals surface area contributed by atoms with Crippen LogP contribution in [0.2, 0.25) is 0 Å². The summed E-state index contributed by atoms with van der Waals surface area (Å²) in [5.74, 6) is -0.960. The number of hydrogen-bond acceptors (Lipinski definition) is 4. The lowest BCUT2D eigenvalue weighted by molar-refractivity contribution is -0.147. The quantitative estimate of drug-likeness (QED) is 0.373. The largest absolute Gasteiger partial charge is 0.480 e. The third-order valence-corrected chi connectivity index (χ3v) is 2.42. The topological polar surface area (TPSA) is 124 Å². The van der Waals surface area contributed by atoms with Crippen molar-refractivity contribution in [1.29, 1.82) is 0 Å². The molecule has 16 heavy (non-hydrogen) atoms. The first-order valence-electron chi connectivity index (χ1n) is 4.21. The second kappa shape index (κ2) is 5.43. The highest BCUT2D eigenvalue weighted by Gasteiger charge is 2.36. The molecule has 2 atom stereocenters. The van der Waals surface area contributed by atoms with E-state index in [9.17, 15) is 14.5 Å². The normalized spacial score (nSPS) is 17.2. The molecule has 0 amide bonds. The van der Waals surface area contributed by atoms with Gasteiger partial charge in [0.05, 0.1) is 12.2 Å². The Labute approximate surface area is 92.3 Å². The summed E-state index contributed by atoms with van der Waals surface area (Å²) in [7, 11) is -4.62. The maximum atomic E-state index is 10.6. The Morgan fingerprint density at radius 2 is 2.12 bits per heavy atom. The predicted molar refractivity (Wildman–Crippen MR) is 53.2 cm³/mol. The highest BCUT2D eigenvalue weighted by Crippen LogP contribution is 2.36. The van der Waals surface area contributed by atoms with Crippen molar-refractivity contribution in [3.63, 3.8) is 0 Å². The fraction of sp³-hybridized carbons (Fsp3) is 0.625. The number of phosphoric ester groups is 1. The summed E-state index contributed by atoms with van der Waals surface area (Å²) >= 11 is 0. The van der Waals surface area contributed by atoms with Gasteiger partial charge in [-0.1, -0.05) is 5.92 Å². The van der Waals surface area contributed by atoms with Gasteiger partial charge in [0, 0.05) is 6.42 Å². The molecule has 0 aliphatic heterocycles. The lowest BCUT2D eigenvalue weighted by Crippen LogP contribution is -2.39. The molecule has 0 aromatic rings. The van der Waals surface area contributed by atoms with Crippen LogP contribution in [0.4, 0.5) is 0 Å². The Morgan fingerprint density at radius 1 is 1.62 bits per heavy atom. The van der Waals surface area contributed by atoms with Gasteiger partial charge in [-0.25, -0.2) is 4.57 Å². The molecule has 0 saturated heterocycles. The van der Waals surface area contributed by atoms with Gasteiger partial charge in [-0.2, -0.15) is 0 Å². The van der Waals surface area contributed by atoms with Gasteiger partial charge < -0.3 is 20.0 Å². The molecule has 7 nitrogen and oxygen atoms in total. The highest BCUT2D eigenvalue weighted by molar-refractivity contribution is 7.46. The number of carboxylic acids is 1. The van der Waals surface area contributed by atoms with E-state index >= 15 is 0 Å². The Bertz CT molecular complexity index is 337. The molecule has 0 aromatic heterocycles. The minimum atomic E-state index is -4.62. The van der Waals surface area contributed by atoms with E-state index in [0.717, 1.165) is 6.92 Å². The van der Waals surface area contributed by atoms with Gasteiger partial charge in [-0.3, -0.25) is 9.32 Å². The molecule has 0 rings (SSSR count). The average Bonchev–Trinajstić information content (AvgIpc) is 1.99. The standard InChI is InChI=1S/C8H13O7P/c1-3-6(7(9)10)8(2,11)4-5-15-16(12,13)14/h1,6,11H,4-5H2,2H3,(H,9,10)(H2,12,13,14). The molecule has 0 aliphatic carbocycles. The van der Waals surface area contributed by atoms with Crippen LogP contribution in [-0.4, -0.2) is 38.2 Å². The molecule has 0 aromatic carbocycles. The van der Waals surface area contributed by atoms with Gasteiger partial charge >= 0.3 is 13.8 Å². The van der Waals surface area contributed by atoms with Crippen molar-refractivity contribution in [3.05, 3.63) is 0 Å². The molecule has 0 saturated carbocycles. The van der Waals surface area contributed by atoms with Gasteiger partial charge in [0.2, 0.25) is 0 Å². The summed E-state index contributed by atoms with van der Waals surface area (Å²) in [5.41, 5.74) is -1.80. The SMILES string of the molecule is C#CC(C(=O)O)C(C)(O)CCOP(=O)(O)O. The maximum absolute atomic E-state index is 10.6. The zero-order chi connectivity index (χ0) is 13.0. The number of aliphatic carboxylic acids is 1. The van der Waals surface area contributed by atoms with Crippen molar-refractivity contribution in [2.75, 3.05) is 6.61 Å². The number of rotatable bonds is 6. The number of hydrogen-bond donors (Lipinski definition) is 4. The van der Waals surface area contributed by atoms with Crippen LogP contribution in [0.5, 0.6) is 0 Å². The fourth-order valence-corrected chi connectivity index (χ4v) is 1.36. The molecular weight excluding hydrogens is 239 g/mol. The number of terminal acetylenes is 1. The number of carbonyl (C=O) groups is 1.